The van der Waals surface area contributed by atoms with Crippen LogP contribution in [0, 0.1) is 5.92 Å². The molecular formula is C9H18N2O4. The lowest BCUT2D eigenvalue weighted by molar-refractivity contribution is -0.143. The summed E-state index contributed by atoms with van der Waals surface area (Å²) in [5, 5.41) is 20.1. The number of carboxylic acid groups (broad SMARTS) is 1. The predicted molar refractivity (Wildman–Crippen MR) is 54.1 cm³/mol. The maximum absolute atomic E-state index is 11.2. The molecule has 5 N–H and O–H groups in total. The molecule has 0 aliphatic rings. The smallest absolute Gasteiger partial charge is 0.326 e. The van der Waals surface area contributed by atoms with Crippen molar-refractivity contribution < 1.29 is 19.8 Å². The van der Waals surface area contributed by atoms with Crippen LogP contribution in [0.2, 0.25) is 0 Å². The van der Waals surface area contributed by atoms with Gasteiger partial charge in [-0.15, -0.1) is 0 Å². The SMILES string of the molecule is CC(C)C[C@H](NC(=O)[C@H](O)CN)C(=O)O. The fourth-order valence-corrected chi connectivity index (χ4v) is 1.07. The highest BCUT2D eigenvalue weighted by Gasteiger charge is 2.23. The number of carbonyl (C=O) groups excluding carboxylic acids is 1. The molecule has 0 aromatic heterocycles. The first kappa shape index (κ1) is 13.9. The summed E-state index contributed by atoms with van der Waals surface area (Å²) < 4.78 is 0. The zero-order valence-corrected chi connectivity index (χ0v) is 8.93. The van der Waals surface area contributed by atoms with E-state index in [1.165, 1.54) is 0 Å². The number of aliphatic carboxylic acids is 1. The molecule has 0 spiro atoms. The molecule has 0 aromatic rings. The number of nitrogens with two attached hydrogens (primary N) is 1. The quantitative estimate of drug-likeness (QED) is 0.453. The molecule has 6 nitrogen and oxygen atoms in total. The molecule has 15 heavy (non-hydrogen) atoms. The van der Waals surface area contributed by atoms with E-state index in [0.717, 1.165) is 0 Å². The molecule has 0 fully saturated rings. The number of carboxylic acids is 1. The van der Waals surface area contributed by atoms with E-state index in [0.29, 0.717) is 6.42 Å². The third-order valence-corrected chi connectivity index (χ3v) is 1.85. The van der Waals surface area contributed by atoms with Crippen molar-refractivity contribution in [2.24, 2.45) is 11.7 Å². The zero-order chi connectivity index (χ0) is 12.0. The lowest BCUT2D eigenvalue weighted by atomic mass is 10.0. The van der Waals surface area contributed by atoms with E-state index >= 15 is 0 Å². The Morgan fingerprint density at radius 3 is 2.27 bits per heavy atom. The van der Waals surface area contributed by atoms with E-state index < -0.39 is 24.0 Å². The second-order valence-corrected chi connectivity index (χ2v) is 3.78. The van der Waals surface area contributed by atoms with Gasteiger partial charge in [0.05, 0.1) is 0 Å². The normalized spacial score (nSPS) is 14.7. The van der Waals surface area contributed by atoms with E-state index in [1.54, 1.807) is 0 Å². The third kappa shape index (κ3) is 5.34. The average molecular weight is 218 g/mol. The van der Waals surface area contributed by atoms with Gasteiger partial charge in [-0.3, -0.25) is 4.79 Å². The number of nitrogens with one attached hydrogen (secondary N) is 1. The van der Waals surface area contributed by atoms with Gasteiger partial charge in [-0.1, -0.05) is 13.8 Å². The van der Waals surface area contributed by atoms with Crippen molar-refractivity contribution in [1.29, 1.82) is 0 Å². The highest BCUT2D eigenvalue weighted by Crippen LogP contribution is 2.05. The van der Waals surface area contributed by atoms with Gasteiger partial charge in [0, 0.05) is 6.54 Å². The Balaban J connectivity index is 4.29. The maximum Gasteiger partial charge on any atom is 0.326 e. The fourth-order valence-electron chi connectivity index (χ4n) is 1.07. The van der Waals surface area contributed by atoms with Crippen molar-refractivity contribution in [2.75, 3.05) is 6.54 Å². The standard InChI is InChI=1S/C9H18N2O4/c1-5(2)3-6(9(14)15)11-8(13)7(12)4-10/h5-7,12H,3-4,10H2,1-2H3,(H,11,13)(H,14,15)/t6-,7+/m0/s1. The second kappa shape index (κ2) is 6.36. The van der Waals surface area contributed by atoms with E-state index in [9.17, 15) is 9.59 Å². The van der Waals surface area contributed by atoms with Crippen LogP contribution >= 0.6 is 0 Å². The summed E-state index contributed by atoms with van der Waals surface area (Å²) in [5.74, 6) is -1.71. The van der Waals surface area contributed by atoms with Gasteiger partial charge in [0.1, 0.15) is 12.1 Å². The minimum absolute atomic E-state index is 0.140. The molecular weight excluding hydrogens is 200 g/mol. The molecule has 2 atom stereocenters. The summed E-state index contributed by atoms with van der Waals surface area (Å²) in [5.41, 5.74) is 5.07. The molecule has 6 heteroatoms. The summed E-state index contributed by atoms with van der Waals surface area (Å²) in [4.78, 5) is 21.9. The lowest BCUT2D eigenvalue weighted by Crippen LogP contribution is -2.48. The number of hydrogen-bond donors (Lipinski definition) is 4. The Labute approximate surface area is 88.5 Å². The number of carbonyl (C=O) groups is 2. The number of amides is 1. The minimum atomic E-state index is -1.35. The summed E-state index contributed by atoms with van der Waals surface area (Å²) in [7, 11) is 0. The molecule has 88 valence electrons. The van der Waals surface area contributed by atoms with Crippen LogP contribution in [0.1, 0.15) is 20.3 Å². The molecule has 0 rings (SSSR count). The Morgan fingerprint density at radius 1 is 1.40 bits per heavy atom. The van der Waals surface area contributed by atoms with Crippen LogP contribution in [0.5, 0.6) is 0 Å². The van der Waals surface area contributed by atoms with Crippen LogP contribution in [0.4, 0.5) is 0 Å². The van der Waals surface area contributed by atoms with Crippen molar-refractivity contribution in [3.63, 3.8) is 0 Å². The van der Waals surface area contributed by atoms with Gasteiger partial charge in [-0.2, -0.15) is 0 Å². The van der Waals surface area contributed by atoms with Gasteiger partial charge >= 0.3 is 5.97 Å². The van der Waals surface area contributed by atoms with Crippen LogP contribution in [0.25, 0.3) is 0 Å². The van der Waals surface area contributed by atoms with Gasteiger partial charge in [0.15, 0.2) is 0 Å². The molecule has 0 bridgehead atoms. The lowest BCUT2D eigenvalue weighted by Gasteiger charge is -2.17. The summed E-state index contributed by atoms with van der Waals surface area (Å²) in [6.07, 6.45) is -1.03. The minimum Gasteiger partial charge on any atom is -0.480 e. The highest BCUT2D eigenvalue weighted by molar-refractivity contribution is 5.86. The van der Waals surface area contributed by atoms with E-state index in [2.05, 4.69) is 5.32 Å². The maximum atomic E-state index is 11.2. The van der Waals surface area contributed by atoms with Crippen molar-refractivity contribution in [2.45, 2.75) is 32.4 Å². The van der Waals surface area contributed by atoms with Gasteiger partial charge in [-0.25, -0.2) is 4.79 Å². The van der Waals surface area contributed by atoms with E-state index in [4.69, 9.17) is 15.9 Å². The van der Waals surface area contributed by atoms with Crippen LogP contribution in [-0.4, -0.2) is 40.8 Å². The summed E-state index contributed by atoms with van der Waals surface area (Å²) in [6.45, 7) is 3.47. The molecule has 0 radical (unpaired) electrons. The Morgan fingerprint density at radius 2 is 1.93 bits per heavy atom. The molecule has 1 amide bonds. The topological polar surface area (TPSA) is 113 Å². The number of aliphatic hydroxyl groups is 1. The van der Waals surface area contributed by atoms with Crippen molar-refractivity contribution in [3.05, 3.63) is 0 Å². The number of hydrogen-bond acceptors (Lipinski definition) is 4. The highest BCUT2D eigenvalue weighted by atomic mass is 16.4. The number of aliphatic hydroxyl groups excluding tert-OH is 1. The van der Waals surface area contributed by atoms with Crippen molar-refractivity contribution in [3.8, 4) is 0 Å². The van der Waals surface area contributed by atoms with Gasteiger partial charge in [-0.05, 0) is 12.3 Å². The number of rotatable bonds is 6. The molecule has 0 aliphatic carbocycles. The second-order valence-electron chi connectivity index (χ2n) is 3.78. The van der Waals surface area contributed by atoms with Gasteiger partial charge < -0.3 is 21.3 Å². The van der Waals surface area contributed by atoms with Crippen LogP contribution in [0.15, 0.2) is 0 Å². The predicted octanol–water partition coefficient (Wildman–Crippen LogP) is -1.08. The molecule has 0 aliphatic heterocycles. The fraction of sp³-hybridized carbons (Fsp3) is 0.778. The van der Waals surface area contributed by atoms with Gasteiger partial charge in [0.25, 0.3) is 5.91 Å². The molecule has 0 saturated carbocycles. The molecule has 0 aromatic carbocycles. The summed E-state index contributed by atoms with van der Waals surface area (Å²) >= 11 is 0. The van der Waals surface area contributed by atoms with Crippen LogP contribution in [0.3, 0.4) is 0 Å². The molecule has 0 saturated heterocycles. The molecule has 0 unspecified atom stereocenters. The first-order chi connectivity index (χ1) is 6.88. The summed E-state index contributed by atoms with van der Waals surface area (Å²) in [6, 6.07) is -0.973. The first-order valence-corrected chi connectivity index (χ1v) is 4.79. The van der Waals surface area contributed by atoms with Gasteiger partial charge in [0.2, 0.25) is 0 Å². The Bertz CT molecular complexity index is 230. The third-order valence-electron chi connectivity index (χ3n) is 1.85. The average Bonchev–Trinajstić information content (AvgIpc) is 2.14. The largest absolute Gasteiger partial charge is 0.480 e. The van der Waals surface area contributed by atoms with E-state index in [-0.39, 0.29) is 12.5 Å². The van der Waals surface area contributed by atoms with Crippen molar-refractivity contribution in [1.82, 2.24) is 5.32 Å². The first-order valence-electron chi connectivity index (χ1n) is 4.79. The molecule has 0 heterocycles. The van der Waals surface area contributed by atoms with E-state index in [1.807, 2.05) is 13.8 Å². The Hall–Kier alpha value is -1.14. The van der Waals surface area contributed by atoms with Crippen molar-refractivity contribution >= 4 is 11.9 Å². The Kier molecular flexibility index (Phi) is 5.88. The van der Waals surface area contributed by atoms with Crippen LogP contribution in [-0.2, 0) is 9.59 Å². The monoisotopic (exact) mass is 218 g/mol. The van der Waals surface area contributed by atoms with Crippen LogP contribution < -0.4 is 11.1 Å². The zero-order valence-electron chi connectivity index (χ0n) is 8.93.